The van der Waals surface area contributed by atoms with Gasteiger partial charge in [-0.05, 0) is 0 Å². The van der Waals surface area contributed by atoms with Gasteiger partial charge in [-0.3, -0.25) is 9.69 Å². The topological polar surface area (TPSA) is 32.3 Å². The molecule has 1 amide bonds. The lowest BCUT2D eigenvalue weighted by atomic mass is 10.1. The van der Waals surface area contributed by atoms with Gasteiger partial charge in [-0.25, -0.2) is 8.78 Å². The fourth-order valence-electron chi connectivity index (χ4n) is 1.16. The number of hydrogen-bond donors (Lipinski definition) is 1. The summed E-state index contributed by atoms with van der Waals surface area (Å²) >= 11 is 0. The molecule has 0 aromatic heterocycles. The molecule has 0 saturated carbocycles. The Morgan fingerprint density at radius 3 is 2.58 bits per heavy atom. The summed E-state index contributed by atoms with van der Waals surface area (Å²) in [5.74, 6) is -2.63. The van der Waals surface area contributed by atoms with Gasteiger partial charge in [-0.2, -0.15) is 0 Å². The van der Waals surface area contributed by atoms with Crippen LogP contribution in [-0.4, -0.2) is 42.9 Å². The van der Waals surface area contributed by atoms with Crippen LogP contribution < -0.4 is 5.32 Å². The van der Waals surface area contributed by atoms with Crippen LogP contribution in [-0.2, 0) is 4.79 Å². The summed E-state index contributed by atoms with van der Waals surface area (Å²) in [6.45, 7) is 2.02. The average Bonchev–Trinajstić information content (AvgIpc) is 1.82. The lowest BCUT2D eigenvalue weighted by Crippen LogP contribution is -2.57. The minimum Gasteiger partial charge on any atom is -0.355 e. The van der Waals surface area contributed by atoms with Gasteiger partial charge in [0, 0.05) is 20.0 Å². The fourth-order valence-corrected chi connectivity index (χ4v) is 1.16. The lowest BCUT2D eigenvalue weighted by Gasteiger charge is -2.38. The largest absolute Gasteiger partial charge is 0.355 e. The second-order valence-corrected chi connectivity index (χ2v) is 3.05. The minimum absolute atomic E-state index is 0.123. The molecule has 1 aliphatic rings. The zero-order valence-corrected chi connectivity index (χ0v) is 6.94. The van der Waals surface area contributed by atoms with Gasteiger partial charge in [0.05, 0.1) is 13.1 Å². The van der Waals surface area contributed by atoms with Crippen molar-refractivity contribution in [3.63, 3.8) is 0 Å². The number of carbonyl (C=O) groups excluding carboxylic acids is 1. The maximum atomic E-state index is 12.2. The Balaban J connectivity index is 2.01. The van der Waals surface area contributed by atoms with Gasteiger partial charge in [0.15, 0.2) is 0 Å². The molecule has 1 rings (SSSR count). The molecule has 0 radical (unpaired) electrons. The number of likely N-dealkylation sites (tertiary alicyclic amines) is 1. The molecule has 0 spiro atoms. The first-order valence-corrected chi connectivity index (χ1v) is 3.84. The van der Waals surface area contributed by atoms with Gasteiger partial charge in [-0.1, -0.05) is 0 Å². The summed E-state index contributed by atoms with van der Waals surface area (Å²) in [7, 11) is 0. The van der Waals surface area contributed by atoms with E-state index in [0.29, 0.717) is 13.1 Å². The third-order valence-corrected chi connectivity index (χ3v) is 1.71. The second kappa shape index (κ2) is 3.35. The molecular formula is C7H12F2N2O. The van der Waals surface area contributed by atoms with Crippen LogP contribution in [0.3, 0.4) is 0 Å². The van der Waals surface area contributed by atoms with E-state index in [2.05, 4.69) is 5.32 Å². The Bertz CT molecular complexity index is 176. The number of alkyl halides is 2. The number of hydrogen-bond acceptors (Lipinski definition) is 2. The Morgan fingerprint density at radius 1 is 1.58 bits per heavy atom. The van der Waals surface area contributed by atoms with Gasteiger partial charge in [0.2, 0.25) is 5.91 Å². The molecule has 3 nitrogen and oxygen atoms in total. The highest BCUT2D eigenvalue weighted by Crippen LogP contribution is 2.25. The summed E-state index contributed by atoms with van der Waals surface area (Å²) in [4.78, 5) is 12.0. The summed E-state index contributed by atoms with van der Waals surface area (Å²) in [6.07, 6.45) is 0. The quantitative estimate of drug-likeness (QED) is 0.663. The molecule has 1 aliphatic heterocycles. The van der Waals surface area contributed by atoms with Crippen molar-refractivity contribution in [3.8, 4) is 0 Å². The molecule has 1 heterocycles. The molecule has 70 valence electrons. The lowest BCUT2D eigenvalue weighted by molar-refractivity contribution is -0.130. The molecule has 1 saturated heterocycles. The van der Waals surface area contributed by atoms with Crippen LogP contribution in [0.2, 0.25) is 0 Å². The summed E-state index contributed by atoms with van der Waals surface area (Å²) in [5.41, 5.74) is 0. The van der Waals surface area contributed by atoms with Gasteiger partial charge in [-0.15, -0.1) is 0 Å². The first-order valence-electron chi connectivity index (χ1n) is 3.84. The third-order valence-electron chi connectivity index (χ3n) is 1.71. The molecule has 0 unspecified atom stereocenters. The van der Waals surface area contributed by atoms with Crippen molar-refractivity contribution in [1.82, 2.24) is 10.2 Å². The van der Waals surface area contributed by atoms with E-state index < -0.39 is 5.92 Å². The molecule has 0 aliphatic carbocycles. The summed E-state index contributed by atoms with van der Waals surface area (Å²) < 4.78 is 24.5. The maximum absolute atomic E-state index is 12.2. The molecule has 1 fully saturated rings. The van der Waals surface area contributed by atoms with Crippen LogP contribution in [0.1, 0.15) is 6.92 Å². The summed E-state index contributed by atoms with van der Waals surface area (Å²) in [5, 5.41) is 2.55. The predicted molar refractivity (Wildman–Crippen MR) is 40.1 cm³/mol. The second-order valence-electron chi connectivity index (χ2n) is 3.05. The number of nitrogens with one attached hydrogen (secondary N) is 1. The molecule has 0 aromatic rings. The predicted octanol–water partition coefficient (Wildman–Crippen LogP) is 0.0734. The standard InChI is InChI=1S/C7H12F2N2O/c1-6(12)10-2-3-11-4-7(8,9)5-11/h2-5H2,1H3,(H,10,12). The van der Waals surface area contributed by atoms with Gasteiger partial charge < -0.3 is 5.32 Å². The Kier molecular flexibility index (Phi) is 2.62. The first kappa shape index (κ1) is 9.38. The van der Waals surface area contributed by atoms with Crippen LogP contribution in [0.25, 0.3) is 0 Å². The SMILES string of the molecule is CC(=O)NCCN1CC(F)(F)C1. The van der Waals surface area contributed by atoms with Crippen molar-refractivity contribution in [1.29, 1.82) is 0 Å². The minimum atomic E-state index is -2.50. The van der Waals surface area contributed by atoms with Crippen LogP contribution in [0.15, 0.2) is 0 Å². The normalized spacial score (nSPS) is 21.6. The van der Waals surface area contributed by atoms with Crippen molar-refractivity contribution in [3.05, 3.63) is 0 Å². The van der Waals surface area contributed by atoms with Crippen molar-refractivity contribution >= 4 is 5.91 Å². The van der Waals surface area contributed by atoms with Crippen molar-refractivity contribution in [2.45, 2.75) is 12.8 Å². The highest BCUT2D eigenvalue weighted by atomic mass is 19.3. The van der Waals surface area contributed by atoms with Crippen LogP contribution in [0.5, 0.6) is 0 Å². The van der Waals surface area contributed by atoms with E-state index in [0.717, 1.165) is 0 Å². The molecule has 0 aromatic carbocycles. The average molecular weight is 178 g/mol. The van der Waals surface area contributed by atoms with Crippen molar-refractivity contribution in [2.75, 3.05) is 26.2 Å². The molecular weight excluding hydrogens is 166 g/mol. The van der Waals surface area contributed by atoms with Gasteiger partial charge in [0.1, 0.15) is 0 Å². The van der Waals surface area contributed by atoms with Gasteiger partial charge >= 0.3 is 0 Å². The monoisotopic (exact) mass is 178 g/mol. The van der Waals surface area contributed by atoms with Crippen LogP contribution in [0.4, 0.5) is 8.78 Å². The van der Waals surface area contributed by atoms with E-state index in [9.17, 15) is 13.6 Å². The number of nitrogens with zero attached hydrogens (tertiary/aromatic N) is 1. The maximum Gasteiger partial charge on any atom is 0.272 e. The summed E-state index contributed by atoms with van der Waals surface area (Å²) in [6, 6.07) is 0. The molecule has 12 heavy (non-hydrogen) atoms. The van der Waals surface area contributed by atoms with E-state index in [1.165, 1.54) is 6.92 Å². The van der Waals surface area contributed by atoms with Crippen LogP contribution in [0, 0.1) is 0 Å². The molecule has 5 heteroatoms. The van der Waals surface area contributed by atoms with Crippen molar-refractivity contribution < 1.29 is 13.6 Å². The number of amides is 1. The number of carbonyl (C=O) groups is 1. The zero-order valence-electron chi connectivity index (χ0n) is 6.94. The Morgan fingerprint density at radius 2 is 2.17 bits per heavy atom. The van der Waals surface area contributed by atoms with Crippen molar-refractivity contribution in [2.24, 2.45) is 0 Å². The van der Waals surface area contributed by atoms with E-state index in [-0.39, 0.29) is 19.0 Å². The molecule has 1 N–H and O–H groups in total. The zero-order chi connectivity index (χ0) is 9.19. The fraction of sp³-hybridized carbons (Fsp3) is 0.857. The first-order chi connectivity index (χ1) is 5.49. The van der Waals surface area contributed by atoms with Gasteiger partial charge in [0.25, 0.3) is 5.92 Å². The Labute approximate surface area is 69.7 Å². The van der Waals surface area contributed by atoms with E-state index >= 15 is 0 Å². The smallest absolute Gasteiger partial charge is 0.272 e. The Hall–Kier alpha value is -0.710. The number of halogens is 2. The molecule has 0 bridgehead atoms. The highest BCUT2D eigenvalue weighted by Gasteiger charge is 2.43. The van der Waals surface area contributed by atoms with Crippen LogP contribution >= 0.6 is 0 Å². The third kappa shape index (κ3) is 2.73. The number of rotatable bonds is 3. The highest BCUT2D eigenvalue weighted by molar-refractivity contribution is 5.72. The molecule has 0 atom stereocenters. The van der Waals surface area contributed by atoms with E-state index in [4.69, 9.17) is 0 Å². The van der Waals surface area contributed by atoms with E-state index in [1.54, 1.807) is 4.90 Å². The van der Waals surface area contributed by atoms with E-state index in [1.807, 2.05) is 0 Å².